The maximum Gasteiger partial charge on any atom is 0.265 e. The highest BCUT2D eigenvalue weighted by molar-refractivity contribution is 9.10. The van der Waals surface area contributed by atoms with Gasteiger partial charge in [-0.1, -0.05) is 52.3 Å². The lowest BCUT2D eigenvalue weighted by molar-refractivity contribution is 0.331. The van der Waals surface area contributed by atoms with Crippen LogP contribution in [-0.2, 0) is 16.6 Å². The molecule has 0 atom stereocenters. The predicted molar refractivity (Wildman–Crippen MR) is 126 cm³/mol. The highest BCUT2D eigenvalue weighted by Gasteiger charge is 2.21. The van der Waals surface area contributed by atoms with Crippen molar-refractivity contribution in [1.82, 2.24) is 0 Å². The van der Waals surface area contributed by atoms with Crippen molar-refractivity contribution in [2.75, 3.05) is 22.8 Å². The molecule has 3 aromatic carbocycles. The van der Waals surface area contributed by atoms with Crippen molar-refractivity contribution in [1.29, 1.82) is 0 Å². The number of benzene rings is 3. The number of nitrogens with one attached hydrogen (secondary N) is 1. The molecule has 0 saturated heterocycles. The van der Waals surface area contributed by atoms with Gasteiger partial charge in [0.25, 0.3) is 10.0 Å². The summed E-state index contributed by atoms with van der Waals surface area (Å²) in [6, 6.07) is 22.6. The molecule has 0 aliphatic carbocycles. The van der Waals surface area contributed by atoms with Crippen LogP contribution in [0.5, 0.6) is 5.75 Å². The highest BCUT2D eigenvalue weighted by Crippen LogP contribution is 2.30. The molecule has 0 saturated carbocycles. The molecule has 0 aliphatic rings. The lowest BCUT2D eigenvalue weighted by Gasteiger charge is -2.24. The molecule has 5 nitrogen and oxygen atoms in total. The molecule has 3 rings (SSSR count). The minimum atomic E-state index is -3.82. The predicted octanol–water partition coefficient (Wildman–Crippen LogP) is 5.68. The molecule has 0 heterocycles. The SMILES string of the molecule is CCOc1ccc(Br)cc1S(=O)(=O)Nc1cccc(N(CC)Cc2ccccc2)c1. The Bertz CT molecular complexity index is 1090. The van der Waals surface area contributed by atoms with Crippen LogP contribution in [0, 0.1) is 0 Å². The first-order valence-electron chi connectivity index (χ1n) is 9.77. The fourth-order valence-corrected chi connectivity index (χ4v) is 4.87. The summed E-state index contributed by atoms with van der Waals surface area (Å²) < 4.78 is 35.0. The Morgan fingerprint density at radius 2 is 1.73 bits per heavy atom. The van der Waals surface area contributed by atoms with Crippen LogP contribution in [0.15, 0.2) is 82.2 Å². The van der Waals surface area contributed by atoms with Gasteiger partial charge in [0, 0.05) is 23.2 Å². The quantitative estimate of drug-likeness (QED) is 0.421. The molecule has 30 heavy (non-hydrogen) atoms. The van der Waals surface area contributed by atoms with Gasteiger partial charge in [-0.3, -0.25) is 4.72 Å². The first-order chi connectivity index (χ1) is 14.4. The third-order valence-corrected chi connectivity index (χ3v) is 6.45. The number of nitrogens with zero attached hydrogens (tertiary/aromatic N) is 1. The number of hydrogen-bond donors (Lipinski definition) is 1. The van der Waals surface area contributed by atoms with Crippen molar-refractivity contribution in [2.45, 2.75) is 25.3 Å². The molecular formula is C23H25BrN2O3S. The van der Waals surface area contributed by atoms with E-state index in [-0.39, 0.29) is 4.90 Å². The monoisotopic (exact) mass is 488 g/mol. The van der Waals surface area contributed by atoms with E-state index < -0.39 is 10.0 Å². The normalized spacial score (nSPS) is 11.2. The van der Waals surface area contributed by atoms with Gasteiger partial charge in [-0.15, -0.1) is 0 Å². The Labute approximate surface area is 186 Å². The molecule has 0 aromatic heterocycles. The Morgan fingerprint density at radius 1 is 0.967 bits per heavy atom. The van der Waals surface area contributed by atoms with E-state index in [9.17, 15) is 8.42 Å². The molecule has 0 unspecified atom stereocenters. The summed E-state index contributed by atoms with van der Waals surface area (Å²) in [7, 11) is -3.82. The minimum absolute atomic E-state index is 0.0979. The summed E-state index contributed by atoms with van der Waals surface area (Å²) in [4.78, 5) is 2.29. The van der Waals surface area contributed by atoms with Gasteiger partial charge in [-0.25, -0.2) is 8.42 Å². The van der Waals surface area contributed by atoms with Crippen LogP contribution < -0.4 is 14.4 Å². The second-order valence-electron chi connectivity index (χ2n) is 6.68. The van der Waals surface area contributed by atoms with E-state index in [1.54, 1.807) is 24.3 Å². The number of ether oxygens (including phenoxy) is 1. The zero-order valence-corrected chi connectivity index (χ0v) is 19.4. The molecule has 1 N–H and O–H groups in total. The van der Waals surface area contributed by atoms with Crippen LogP contribution in [0.25, 0.3) is 0 Å². The van der Waals surface area contributed by atoms with Crippen molar-refractivity contribution in [3.05, 3.63) is 82.8 Å². The molecule has 0 spiro atoms. The summed E-state index contributed by atoms with van der Waals surface area (Å²) >= 11 is 3.34. The Morgan fingerprint density at radius 3 is 2.43 bits per heavy atom. The zero-order chi connectivity index (χ0) is 21.6. The average molecular weight is 489 g/mol. The molecule has 0 amide bonds. The van der Waals surface area contributed by atoms with Crippen molar-refractivity contribution >= 4 is 37.3 Å². The molecule has 3 aromatic rings. The summed E-state index contributed by atoms with van der Waals surface area (Å²) in [5.41, 5.74) is 2.64. The molecule has 7 heteroatoms. The molecular weight excluding hydrogens is 464 g/mol. The summed E-state index contributed by atoms with van der Waals surface area (Å²) in [6.07, 6.45) is 0. The summed E-state index contributed by atoms with van der Waals surface area (Å²) in [6.45, 7) is 5.82. The van der Waals surface area contributed by atoms with Crippen LogP contribution in [-0.4, -0.2) is 21.6 Å². The summed E-state index contributed by atoms with van der Waals surface area (Å²) in [5.74, 6) is 0.323. The van der Waals surface area contributed by atoms with Gasteiger partial charge < -0.3 is 9.64 Å². The molecule has 158 valence electrons. The first-order valence-corrected chi connectivity index (χ1v) is 12.0. The van der Waals surface area contributed by atoms with Gasteiger partial charge in [0.1, 0.15) is 10.6 Å². The van der Waals surface area contributed by atoms with Crippen LogP contribution in [0.4, 0.5) is 11.4 Å². The second kappa shape index (κ2) is 10.00. The first kappa shape index (κ1) is 22.2. The van der Waals surface area contributed by atoms with Gasteiger partial charge in [0.05, 0.1) is 12.3 Å². The van der Waals surface area contributed by atoms with Crippen molar-refractivity contribution in [2.24, 2.45) is 0 Å². The van der Waals surface area contributed by atoms with Crippen LogP contribution in [0.2, 0.25) is 0 Å². The van der Waals surface area contributed by atoms with Crippen LogP contribution >= 0.6 is 15.9 Å². The third kappa shape index (κ3) is 5.55. The Hall–Kier alpha value is -2.51. The summed E-state index contributed by atoms with van der Waals surface area (Å²) in [5, 5.41) is 0. The van der Waals surface area contributed by atoms with Crippen LogP contribution in [0.3, 0.4) is 0 Å². The highest BCUT2D eigenvalue weighted by atomic mass is 79.9. The molecule has 0 radical (unpaired) electrons. The van der Waals surface area contributed by atoms with E-state index >= 15 is 0 Å². The van der Waals surface area contributed by atoms with E-state index in [1.165, 1.54) is 5.56 Å². The van der Waals surface area contributed by atoms with Gasteiger partial charge >= 0.3 is 0 Å². The maximum absolute atomic E-state index is 13.1. The number of anilines is 2. The van der Waals surface area contributed by atoms with Crippen molar-refractivity contribution in [3.8, 4) is 5.75 Å². The lowest BCUT2D eigenvalue weighted by atomic mass is 10.2. The number of hydrogen-bond acceptors (Lipinski definition) is 4. The largest absolute Gasteiger partial charge is 0.492 e. The van der Waals surface area contributed by atoms with E-state index in [2.05, 4.69) is 44.6 Å². The smallest absolute Gasteiger partial charge is 0.265 e. The van der Waals surface area contributed by atoms with Crippen molar-refractivity contribution < 1.29 is 13.2 Å². The Balaban J connectivity index is 1.86. The topological polar surface area (TPSA) is 58.6 Å². The minimum Gasteiger partial charge on any atom is -0.492 e. The number of rotatable bonds is 9. The molecule has 0 bridgehead atoms. The standard InChI is InChI=1S/C23H25BrN2O3S/c1-3-26(17-18-9-6-5-7-10-18)21-12-8-11-20(16-21)25-30(27,28)23-15-19(24)13-14-22(23)29-4-2/h5-16,25H,3-4,17H2,1-2H3. The van der Waals surface area contributed by atoms with E-state index in [4.69, 9.17) is 4.74 Å². The Kier molecular flexibility index (Phi) is 7.39. The lowest BCUT2D eigenvalue weighted by Crippen LogP contribution is -2.22. The van der Waals surface area contributed by atoms with Crippen LogP contribution in [0.1, 0.15) is 19.4 Å². The van der Waals surface area contributed by atoms with E-state index in [1.807, 2.05) is 43.3 Å². The second-order valence-corrected chi connectivity index (χ2v) is 9.25. The maximum atomic E-state index is 13.1. The van der Waals surface area contributed by atoms with Gasteiger partial charge in [-0.05, 0) is 55.8 Å². The fraction of sp³-hybridized carbons (Fsp3) is 0.217. The fourth-order valence-electron chi connectivity index (χ4n) is 3.13. The molecule has 0 aliphatic heterocycles. The average Bonchev–Trinajstić information content (AvgIpc) is 2.74. The van der Waals surface area contributed by atoms with Gasteiger partial charge in [-0.2, -0.15) is 0 Å². The van der Waals surface area contributed by atoms with E-state index in [0.717, 1.165) is 18.8 Å². The van der Waals surface area contributed by atoms with Crippen molar-refractivity contribution in [3.63, 3.8) is 0 Å². The number of sulfonamides is 1. The van der Waals surface area contributed by atoms with E-state index in [0.29, 0.717) is 22.5 Å². The van der Waals surface area contributed by atoms with Gasteiger partial charge in [0.15, 0.2) is 0 Å². The molecule has 0 fully saturated rings. The van der Waals surface area contributed by atoms with Gasteiger partial charge in [0.2, 0.25) is 0 Å². The number of halogens is 1. The zero-order valence-electron chi connectivity index (χ0n) is 17.0. The third-order valence-electron chi connectivity index (χ3n) is 4.56.